The molecule has 0 aliphatic carbocycles. The number of hydrogen-bond acceptors (Lipinski definition) is 4. The number of nitrogen functional groups attached to an aromatic ring is 1. The Morgan fingerprint density at radius 1 is 0.971 bits per heavy atom. The van der Waals surface area contributed by atoms with Crippen molar-refractivity contribution in [2.45, 2.75) is 31.7 Å². The summed E-state index contributed by atoms with van der Waals surface area (Å²) in [6.07, 6.45) is 1.43. The number of benzene rings is 3. The SMILES string of the molecule is CCOC(=O)N1CCC(Nc2cc(C(c3ccc(Cl)cc3)c3ccc(Cl)cc3)ccc2N)CC1. The van der Waals surface area contributed by atoms with Crippen LogP contribution in [-0.4, -0.2) is 36.7 Å². The summed E-state index contributed by atoms with van der Waals surface area (Å²) in [5.74, 6) is 0.00125. The summed E-state index contributed by atoms with van der Waals surface area (Å²) in [4.78, 5) is 13.8. The van der Waals surface area contributed by atoms with Crippen molar-refractivity contribution in [3.63, 3.8) is 0 Å². The largest absolute Gasteiger partial charge is 0.450 e. The molecule has 0 spiro atoms. The number of anilines is 2. The molecule has 4 rings (SSSR count). The molecule has 3 N–H and O–H groups in total. The predicted octanol–water partition coefficient (Wildman–Crippen LogP) is 6.79. The molecule has 0 saturated carbocycles. The second-order valence-corrected chi connectivity index (χ2v) is 9.36. The third kappa shape index (κ3) is 5.78. The zero-order valence-corrected chi connectivity index (χ0v) is 20.6. The van der Waals surface area contributed by atoms with Gasteiger partial charge in [0.2, 0.25) is 0 Å². The number of nitrogens with one attached hydrogen (secondary N) is 1. The van der Waals surface area contributed by atoms with Gasteiger partial charge in [-0.2, -0.15) is 0 Å². The summed E-state index contributed by atoms with van der Waals surface area (Å²) < 4.78 is 5.12. The van der Waals surface area contributed by atoms with Gasteiger partial charge in [-0.15, -0.1) is 0 Å². The van der Waals surface area contributed by atoms with Gasteiger partial charge in [-0.25, -0.2) is 4.79 Å². The first-order valence-corrected chi connectivity index (χ1v) is 12.3. The molecule has 0 unspecified atom stereocenters. The third-order valence-corrected chi connectivity index (χ3v) is 6.70. The normalized spacial score (nSPS) is 14.3. The Bertz CT molecular complexity index is 1070. The molecule has 1 amide bonds. The first-order chi connectivity index (χ1) is 16.4. The van der Waals surface area contributed by atoms with E-state index in [-0.39, 0.29) is 18.1 Å². The zero-order valence-electron chi connectivity index (χ0n) is 19.1. The molecule has 7 heteroatoms. The number of amides is 1. The van der Waals surface area contributed by atoms with Crippen LogP contribution in [0.25, 0.3) is 0 Å². The molecule has 1 aliphatic rings. The first-order valence-electron chi connectivity index (χ1n) is 11.5. The topological polar surface area (TPSA) is 67.6 Å². The van der Waals surface area contributed by atoms with Gasteiger partial charge in [0.15, 0.2) is 0 Å². The monoisotopic (exact) mass is 497 g/mol. The summed E-state index contributed by atoms with van der Waals surface area (Å²) in [5, 5.41) is 5.01. The number of piperidine rings is 1. The van der Waals surface area contributed by atoms with E-state index in [1.165, 1.54) is 0 Å². The van der Waals surface area contributed by atoms with Crippen LogP contribution < -0.4 is 11.1 Å². The maximum Gasteiger partial charge on any atom is 0.409 e. The van der Waals surface area contributed by atoms with Gasteiger partial charge in [-0.1, -0.05) is 53.5 Å². The molecule has 1 saturated heterocycles. The fraction of sp³-hybridized carbons (Fsp3) is 0.296. The molecule has 178 valence electrons. The quantitative estimate of drug-likeness (QED) is 0.290. The molecule has 5 nitrogen and oxygen atoms in total. The van der Waals surface area contributed by atoms with E-state index in [4.69, 9.17) is 33.7 Å². The molecule has 1 fully saturated rings. The van der Waals surface area contributed by atoms with Crippen molar-refractivity contribution < 1.29 is 9.53 Å². The van der Waals surface area contributed by atoms with Crippen molar-refractivity contribution in [2.24, 2.45) is 0 Å². The molecule has 1 aliphatic heterocycles. The minimum Gasteiger partial charge on any atom is -0.450 e. The van der Waals surface area contributed by atoms with Crippen LogP contribution in [0.2, 0.25) is 10.0 Å². The van der Waals surface area contributed by atoms with E-state index in [2.05, 4.69) is 41.7 Å². The van der Waals surface area contributed by atoms with Gasteiger partial charge in [-0.05, 0) is 72.9 Å². The van der Waals surface area contributed by atoms with E-state index < -0.39 is 0 Å². The lowest BCUT2D eigenvalue weighted by Crippen LogP contribution is -2.42. The van der Waals surface area contributed by atoms with Crippen LogP contribution in [0, 0.1) is 0 Å². The van der Waals surface area contributed by atoms with Crippen LogP contribution in [0.1, 0.15) is 42.4 Å². The van der Waals surface area contributed by atoms with Crippen LogP contribution in [0.15, 0.2) is 66.7 Å². The Labute approximate surface area is 210 Å². The molecule has 34 heavy (non-hydrogen) atoms. The molecule has 1 heterocycles. The van der Waals surface area contributed by atoms with E-state index >= 15 is 0 Å². The molecule has 3 aromatic carbocycles. The van der Waals surface area contributed by atoms with Gasteiger partial charge >= 0.3 is 6.09 Å². The molecular formula is C27H29Cl2N3O2. The van der Waals surface area contributed by atoms with Gasteiger partial charge in [0, 0.05) is 35.1 Å². The van der Waals surface area contributed by atoms with E-state index in [1.54, 1.807) is 4.90 Å². The average molecular weight is 498 g/mol. The number of ether oxygens (including phenoxy) is 1. The number of nitrogens with zero attached hydrogens (tertiary/aromatic N) is 1. The van der Waals surface area contributed by atoms with Gasteiger partial charge in [-0.3, -0.25) is 0 Å². The third-order valence-electron chi connectivity index (χ3n) is 6.20. The lowest BCUT2D eigenvalue weighted by molar-refractivity contribution is 0.0983. The first kappa shape index (κ1) is 24.2. The zero-order chi connectivity index (χ0) is 24.1. The highest BCUT2D eigenvalue weighted by molar-refractivity contribution is 6.30. The smallest absolute Gasteiger partial charge is 0.409 e. The van der Waals surface area contributed by atoms with Crippen molar-refractivity contribution in [3.05, 3.63) is 93.5 Å². The summed E-state index contributed by atoms with van der Waals surface area (Å²) >= 11 is 12.3. The second-order valence-electron chi connectivity index (χ2n) is 8.49. The molecule has 3 aromatic rings. The Hall–Kier alpha value is -2.89. The van der Waals surface area contributed by atoms with Crippen LogP contribution in [0.3, 0.4) is 0 Å². The second kappa shape index (κ2) is 11.0. The Kier molecular flexibility index (Phi) is 7.86. The summed E-state index contributed by atoms with van der Waals surface area (Å²) in [7, 11) is 0. The number of nitrogens with two attached hydrogens (primary N) is 1. The number of carbonyl (C=O) groups is 1. The highest BCUT2D eigenvalue weighted by Crippen LogP contribution is 2.36. The van der Waals surface area contributed by atoms with E-state index in [0.29, 0.717) is 35.4 Å². The minimum absolute atomic E-state index is 0.00125. The van der Waals surface area contributed by atoms with Crippen LogP contribution in [0.5, 0.6) is 0 Å². The standard InChI is InChI=1S/C27H29Cl2N3O2/c1-2-34-27(33)32-15-13-23(14-16-32)31-25-17-20(7-12-24(25)30)26(18-3-8-21(28)9-4-18)19-5-10-22(29)11-6-19/h3-12,17,23,26,31H,2,13-16,30H2,1H3. The maximum absolute atomic E-state index is 12.0. The Morgan fingerprint density at radius 2 is 1.50 bits per heavy atom. The van der Waals surface area contributed by atoms with Crippen molar-refractivity contribution in [3.8, 4) is 0 Å². The highest BCUT2D eigenvalue weighted by Gasteiger charge is 2.24. The maximum atomic E-state index is 12.0. The highest BCUT2D eigenvalue weighted by atomic mass is 35.5. The van der Waals surface area contributed by atoms with E-state index in [1.807, 2.05) is 37.3 Å². The van der Waals surface area contributed by atoms with Crippen LogP contribution in [0.4, 0.5) is 16.2 Å². The molecular weight excluding hydrogens is 469 g/mol. The lowest BCUT2D eigenvalue weighted by Gasteiger charge is -2.32. The van der Waals surface area contributed by atoms with E-state index in [0.717, 1.165) is 35.2 Å². The number of rotatable bonds is 6. The van der Waals surface area contributed by atoms with Crippen LogP contribution in [-0.2, 0) is 4.74 Å². The van der Waals surface area contributed by atoms with E-state index in [9.17, 15) is 4.79 Å². The predicted molar refractivity (Wildman–Crippen MR) is 140 cm³/mol. The minimum atomic E-state index is -0.240. The molecule has 0 aromatic heterocycles. The Balaban J connectivity index is 1.58. The van der Waals surface area contributed by atoms with Crippen molar-refractivity contribution in [1.82, 2.24) is 4.90 Å². The van der Waals surface area contributed by atoms with Gasteiger partial charge < -0.3 is 20.7 Å². The van der Waals surface area contributed by atoms with Gasteiger partial charge in [0.25, 0.3) is 0 Å². The summed E-state index contributed by atoms with van der Waals surface area (Å²) in [6.45, 7) is 3.54. The van der Waals surface area contributed by atoms with Gasteiger partial charge in [0.1, 0.15) is 0 Å². The Morgan fingerprint density at radius 3 is 2.03 bits per heavy atom. The fourth-order valence-corrected chi connectivity index (χ4v) is 4.66. The van der Waals surface area contributed by atoms with Crippen molar-refractivity contribution >= 4 is 40.7 Å². The summed E-state index contributed by atoms with van der Waals surface area (Å²) in [6, 6.07) is 22.2. The summed E-state index contributed by atoms with van der Waals surface area (Å²) in [5.41, 5.74) is 11.3. The van der Waals surface area contributed by atoms with Gasteiger partial charge in [0.05, 0.1) is 18.0 Å². The fourth-order valence-electron chi connectivity index (χ4n) is 4.41. The average Bonchev–Trinajstić information content (AvgIpc) is 2.84. The molecule has 0 bridgehead atoms. The molecule has 0 radical (unpaired) electrons. The number of carbonyl (C=O) groups excluding carboxylic acids is 1. The van der Waals surface area contributed by atoms with Crippen LogP contribution >= 0.6 is 23.2 Å². The van der Waals surface area contributed by atoms with Crippen molar-refractivity contribution in [2.75, 3.05) is 30.7 Å². The number of halogens is 2. The number of likely N-dealkylation sites (tertiary alicyclic amines) is 1. The number of hydrogen-bond donors (Lipinski definition) is 2. The lowest BCUT2D eigenvalue weighted by atomic mass is 9.85. The van der Waals surface area contributed by atoms with Crippen molar-refractivity contribution in [1.29, 1.82) is 0 Å². The molecule has 0 atom stereocenters.